The molecule has 100 valence electrons. The third kappa shape index (κ3) is 4.89. The van der Waals surface area contributed by atoms with Crippen molar-refractivity contribution < 1.29 is 4.74 Å². The van der Waals surface area contributed by atoms with Gasteiger partial charge in [-0.1, -0.05) is 36.2 Å². The highest BCUT2D eigenvalue weighted by molar-refractivity contribution is 6.35. The van der Waals surface area contributed by atoms with Gasteiger partial charge in [0, 0.05) is 17.1 Å². The zero-order valence-electron chi connectivity index (χ0n) is 10.6. The van der Waals surface area contributed by atoms with Crippen LogP contribution in [0.3, 0.4) is 0 Å². The normalized spacial score (nSPS) is 10.4. The lowest BCUT2D eigenvalue weighted by Crippen LogP contribution is -2.13. The molecule has 1 aromatic rings. The molecule has 0 aromatic heterocycles. The third-order valence-corrected chi connectivity index (χ3v) is 2.95. The van der Waals surface area contributed by atoms with Crippen molar-refractivity contribution in [3.05, 3.63) is 40.4 Å². The van der Waals surface area contributed by atoms with Crippen LogP contribution in [0.1, 0.15) is 25.3 Å². The van der Waals surface area contributed by atoms with Gasteiger partial charge in [0.1, 0.15) is 5.75 Å². The Kier molecular flexibility index (Phi) is 7.18. The van der Waals surface area contributed by atoms with Gasteiger partial charge in [-0.2, -0.15) is 0 Å². The van der Waals surface area contributed by atoms with E-state index in [1.807, 2.05) is 12.1 Å². The highest BCUT2D eigenvalue weighted by Gasteiger charge is 2.10. The molecule has 0 bridgehead atoms. The summed E-state index contributed by atoms with van der Waals surface area (Å²) >= 11 is 12.2. The van der Waals surface area contributed by atoms with Crippen LogP contribution in [0.2, 0.25) is 10.0 Å². The smallest absolute Gasteiger partial charge is 0.142 e. The minimum Gasteiger partial charge on any atom is -0.492 e. The second kappa shape index (κ2) is 8.41. The Morgan fingerprint density at radius 2 is 2.17 bits per heavy atom. The van der Waals surface area contributed by atoms with Crippen LogP contribution in [0.25, 0.3) is 0 Å². The van der Waals surface area contributed by atoms with Crippen LogP contribution in [0.15, 0.2) is 24.8 Å². The zero-order valence-corrected chi connectivity index (χ0v) is 12.2. The number of unbranched alkanes of at least 4 members (excludes halogenated alkanes) is 1. The molecular formula is C14H19Cl2NO. The molecule has 1 rings (SSSR count). The molecule has 0 saturated carbocycles. The minimum atomic E-state index is 0.564. The third-order valence-electron chi connectivity index (χ3n) is 2.45. The number of nitrogens with one attached hydrogen (secondary N) is 1. The van der Waals surface area contributed by atoms with E-state index in [4.69, 9.17) is 27.9 Å². The fourth-order valence-electron chi connectivity index (χ4n) is 1.57. The summed E-state index contributed by atoms with van der Waals surface area (Å²) in [5.41, 5.74) is 0.993. The van der Waals surface area contributed by atoms with Crippen LogP contribution in [0.4, 0.5) is 0 Å². The fourth-order valence-corrected chi connectivity index (χ4v) is 2.16. The molecule has 1 aromatic carbocycles. The van der Waals surface area contributed by atoms with Crippen LogP contribution >= 0.6 is 23.2 Å². The summed E-state index contributed by atoms with van der Waals surface area (Å²) in [6.45, 7) is 7.96. The van der Waals surface area contributed by atoms with Crippen LogP contribution in [0.5, 0.6) is 5.75 Å². The lowest BCUT2D eigenvalue weighted by Gasteiger charge is -2.14. The van der Waals surface area contributed by atoms with Gasteiger partial charge in [-0.15, -0.1) is 6.58 Å². The van der Waals surface area contributed by atoms with E-state index in [1.54, 1.807) is 6.07 Å². The van der Waals surface area contributed by atoms with E-state index in [-0.39, 0.29) is 0 Å². The summed E-state index contributed by atoms with van der Waals surface area (Å²) in [4.78, 5) is 0. The first-order valence-corrected chi connectivity index (χ1v) is 6.87. The van der Waals surface area contributed by atoms with E-state index < -0.39 is 0 Å². The molecule has 18 heavy (non-hydrogen) atoms. The first-order chi connectivity index (χ1) is 8.69. The summed E-state index contributed by atoms with van der Waals surface area (Å²) < 4.78 is 5.74. The Morgan fingerprint density at radius 3 is 2.83 bits per heavy atom. The van der Waals surface area contributed by atoms with Crippen LogP contribution in [-0.4, -0.2) is 13.2 Å². The van der Waals surface area contributed by atoms with Gasteiger partial charge < -0.3 is 10.1 Å². The molecule has 0 radical (unpaired) electrons. The highest BCUT2D eigenvalue weighted by atomic mass is 35.5. The van der Waals surface area contributed by atoms with Gasteiger partial charge in [0.25, 0.3) is 0 Å². The van der Waals surface area contributed by atoms with Crippen molar-refractivity contribution in [1.29, 1.82) is 0 Å². The monoisotopic (exact) mass is 287 g/mol. The van der Waals surface area contributed by atoms with E-state index in [0.717, 1.165) is 30.7 Å². The summed E-state index contributed by atoms with van der Waals surface area (Å²) in [6, 6.07) is 3.60. The Balaban J connectivity index is 2.75. The standard InChI is InChI=1S/C14H19Cl2NO/c1-3-5-6-7-18-14-11(10-17-4-2)8-12(15)9-13(14)16/h3,8-9,17H,1,4-7,10H2,2H3. The highest BCUT2D eigenvalue weighted by Crippen LogP contribution is 2.32. The first kappa shape index (κ1) is 15.4. The second-order valence-electron chi connectivity index (χ2n) is 3.94. The Hall–Kier alpha value is -0.700. The van der Waals surface area contributed by atoms with Gasteiger partial charge in [0.2, 0.25) is 0 Å². The Labute approximate surface area is 119 Å². The summed E-state index contributed by atoms with van der Waals surface area (Å²) in [6.07, 6.45) is 3.75. The molecule has 0 spiro atoms. The van der Waals surface area contributed by atoms with Crippen molar-refractivity contribution in [2.24, 2.45) is 0 Å². The SMILES string of the molecule is C=CCCCOc1c(Cl)cc(Cl)cc1CNCC. The largest absolute Gasteiger partial charge is 0.492 e. The number of benzene rings is 1. The van der Waals surface area contributed by atoms with Crippen molar-refractivity contribution in [3.8, 4) is 5.75 Å². The van der Waals surface area contributed by atoms with E-state index in [9.17, 15) is 0 Å². The quantitative estimate of drug-likeness (QED) is 0.563. The second-order valence-corrected chi connectivity index (χ2v) is 4.78. The Morgan fingerprint density at radius 1 is 1.39 bits per heavy atom. The Bertz CT molecular complexity index is 394. The number of hydrogen-bond donors (Lipinski definition) is 1. The van der Waals surface area contributed by atoms with Crippen LogP contribution in [-0.2, 0) is 6.54 Å². The van der Waals surface area contributed by atoms with Crippen LogP contribution in [0, 0.1) is 0 Å². The number of allylic oxidation sites excluding steroid dienone is 1. The van der Waals surface area contributed by atoms with Gasteiger partial charge in [0.15, 0.2) is 0 Å². The van der Waals surface area contributed by atoms with Gasteiger partial charge >= 0.3 is 0 Å². The molecule has 0 aliphatic heterocycles. The van der Waals surface area contributed by atoms with E-state index >= 15 is 0 Å². The maximum atomic E-state index is 6.17. The predicted molar refractivity (Wildman–Crippen MR) is 78.8 cm³/mol. The van der Waals surface area contributed by atoms with Crippen molar-refractivity contribution >= 4 is 23.2 Å². The number of halogens is 2. The van der Waals surface area contributed by atoms with Crippen LogP contribution < -0.4 is 10.1 Å². The van der Waals surface area contributed by atoms with Crippen molar-refractivity contribution in [2.45, 2.75) is 26.3 Å². The van der Waals surface area contributed by atoms with E-state index in [2.05, 4.69) is 18.8 Å². The molecule has 2 nitrogen and oxygen atoms in total. The molecule has 0 atom stereocenters. The van der Waals surface area contributed by atoms with Crippen molar-refractivity contribution in [3.63, 3.8) is 0 Å². The van der Waals surface area contributed by atoms with Gasteiger partial charge in [-0.05, 0) is 31.5 Å². The molecule has 0 fully saturated rings. The summed E-state index contributed by atoms with van der Waals surface area (Å²) in [7, 11) is 0. The number of rotatable bonds is 8. The zero-order chi connectivity index (χ0) is 13.4. The first-order valence-electron chi connectivity index (χ1n) is 6.11. The minimum absolute atomic E-state index is 0.564. The molecule has 0 amide bonds. The summed E-state index contributed by atoms with van der Waals surface area (Å²) in [5.74, 6) is 0.728. The maximum absolute atomic E-state index is 6.17. The molecule has 0 heterocycles. The molecule has 4 heteroatoms. The molecule has 0 aliphatic carbocycles. The predicted octanol–water partition coefficient (Wildman–Crippen LogP) is 4.45. The molecular weight excluding hydrogens is 269 g/mol. The van der Waals surface area contributed by atoms with Gasteiger partial charge in [-0.3, -0.25) is 0 Å². The van der Waals surface area contributed by atoms with Gasteiger partial charge in [0.05, 0.1) is 11.6 Å². The van der Waals surface area contributed by atoms with Crippen molar-refractivity contribution in [1.82, 2.24) is 5.32 Å². The molecule has 0 saturated heterocycles. The maximum Gasteiger partial charge on any atom is 0.142 e. The molecule has 0 aliphatic rings. The molecule has 0 unspecified atom stereocenters. The lowest BCUT2D eigenvalue weighted by atomic mass is 10.2. The average Bonchev–Trinajstić information content (AvgIpc) is 2.34. The topological polar surface area (TPSA) is 21.3 Å². The summed E-state index contributed by atoms with van der Waals surface area (Å²) in [5, 5.41) is 4.44. The fraction of sp³-hybridized carbons (Fsp3) is 0.429. The average molecular weight is 288 g/mol. The number of hydrogen-bond acceptors (Lipinski definition) is 2. The van der Waals surface area contributed by atoms with E-state index in [0.29, 0.717) is 23.2 Å². The molecule has 1 N–H and O–H groups in total. The number of ether oxygens (including phenoxy) is 1. The lowest BCUT2D eigenvalue weighted by molar-refractivity contribution is 0.308. The van der Waals surface area contributed by atoms with Crippen molar-refractivity contribution in [2.75, 3.05) is 13.2 Å². The van der Waals surface area contributed by atoms with E-state index in [1.165, 1.54) is 0 Å². The van der Waals surface area contributed by atoms with Gasteiger partial charge in [-0.25, -0.2) is 0 Å².